The molecular weight excluding hydrogens is 394 g/mol. The zero-order chi connectivity index (χ0) is 20.7. The third kappa shape index (κ3) is 7.41. The summed E-state index contributed by atoms with van der Waals surface area (Å²) in [5.74, 6) is 0.850. The molecule has 1 heterocycles. The Hall–Kier alpha value is -1.64. The fourth-order valence-electron chi connectivity index (χ4n) is 2.36. The van der Waals surface area contributed by atoms with Gasteiger partial charge in [-0.2, -0.15) is 0 Å². The smallest absolute Gasteiger partial charge is 0.243 e. The van der Waals surface area contributed by atoms with Crippen LogP contribution < -0.4 is 10.6 Å². The molecule has 0 aliphatic carbocycles. The standard InChI is InChI=1S/C20H29N3O3S2/c1-13(2)10-17(24)21-12-18(25)22-14-6-7-15-16(11-14)28-19(23-15)27-9-8-20(3,4)26-5/h6-7,11,13H,8-10,12H2,1-5H3,(H,21,24)(H,22,25). The van der Waals surface area contributed by atoms with Gasteiger partial charge in [-0.3, -0.25) is 9.59 Å². The summed E-state index contributed by atoms with van der Waals surface area (Å²) in [6.07, 6.45) is 1.36. The maximum Gasteiger partial charge on any atom is 0.243 e. The molecule has 0 spiro atoms. The van der Waals surface area contributed by atoms with Crippen molar-refractivity contribution in [3.05, 3.63) is 18.2 Å². The molecule has 0 fully saturated rings. The van der Waals surface area contributed by atoms with E-state index < -0.39 is 0 Å². The van der Waals surface area contributed by atoms with Gasteiger partial charge in [0.15, 0.2) is 4.34 Å². The SMILES string of the molecule is COC(C)(C)CCSc1nc2ccc(NC(=O)CNC(=O)CC(C)C)cc2s1. The molecule has 2 N–H and O–H groups in total. The zero-order valence-corrected chi connectivity index (χ0v) is 18.8. The molecule has 0 radical (unpaired) electrons. The van der Waals surface area contributed by atoms with Gasteiger partial charge in [-0.15, -0.1) is 11.3 Å². The summed E-state index contributed by atoms with van der Waals surface area (Å²) in [6.45, 7) is 8.06. The van der Waals surface area contributed by atoms with Gasteiger partial charge in [-0.1, -0.05) is 25.6 Å². The van der Waals surface area contributed by atoms with E-state index in [1.54, 1.807) is 30.2 Å². The summed E-state index contributed by atoms with van der Waals surface area (Å²) >= 11 is 3.33. The van der Waals surface area contributed by atoms with Crippen LogP contribution in [0.5, 0.6) is 0 Å². The molecule has 8 heteroatoms. The van der Waals surface area contributed by atoms with Crippen LogP contribution in [0.3, 0.4) is 0 Å². The van der Waals surface area contributed by atoms with Crippen molar-refractivity contribution in [2.75, 3.05) is 24.7 Å². The van der Waals surface area contributed by atoms with E-state index in [1.165, 1.54) is 0 Å². The number of carbonyl (C=O) groups is 2. The number of nitrogens with zero attached hydrogens (tertiary/aromatic N) is 1. The summed E-state index contributed by atoms with van der Waals surface area (Å²) in [4.78, 5) is 28.3. The van der Waals surface area contributed by atoms with Crippen molar-refractivity contribution >= 4 is 50.8 Å². The lowest BCUT2D eigenvalue weighted by Crippen LogP contribution is -2.33. The first-order chi connectivity index (χ1) is 13.2. The van der Waals surface area contributed by atoms with Crippen LogP contribution in [-0.2, 0) is 14.3 Å². The number of fused-ring (bicyclic) bond motifs is 1. The fraction of sp³-hybridized carbons (Fsp3) is 0.550. The number of aromatic nitrogens is 1. The molecule has 6 nitrogen and oxygen atoms in total. The van der Waals surface area contributed by atoms with Gasteiger partial charge in [0.2, 0.25) is 11.8 Å². The number of nitrogens with one attached hydrogen (secondary N) is 2. The number of hydrogen-bond acceptors (Lipinski definition) is 6. The fourth-order valence-corrected chi connectivity index (χ4v) is 4.78. The number of anilines is 1. The van der Waals surface area contributed by atoms with E-state index in [1.807, 2.05) is 32.0 Å². The molecule has 1 aromatic carbocycles. The van der Waals surface area contributed by atoms with Crippen LogP contribution in [0.4, 0.5) is 5.69 Å². The first-order valence-electron chi connectivity index (χ1n) is 9.33. The van der Waals surface area contributed by atoms with Gasteiger partial charge in [0.05, 0.1) is 22.4 Å². The predicted octanol–water partition coefficient (Wildman–Crippen LogP) is 4.30. The van der Waals surface area contributed by atoms with E-state index in [4.69, 9.17) is 4.74 Å². The van der Waals surface area contributed by atoms with Crippen LogP contribution in [0.25, 0.3) is 10.2 Å². The van der Waals surface area contributed by atoms with Crippen molar-refractivity contribution in [1.82, 2.24) is 10.3 Å². The lowest BCUT2D eigenvalue weighted by atomic mass is 10.1. The highest BCUT2D eigenvalue weighted by molar-refractivity contribution is 8.01. The molecule has 2 rings (SSSR count). The molecule has 0 aliphatic rings. The number of ether oxygens (including phenoxy) is 1. The molecule has 28 heavy (non-hydrogen) atoms. The summed E-state index contributed by atoms with van der Waals surface area (Å²) in [7, 11) is 1.73. The highest BCUT2D eigenvalue weighted by Crippen LogP contribution is 2.32. The number of thioether (sulfide) groups is 1. The van der Waals surface area contributed by atoms with E-state index in [0.29, 0.717) is 12.1 Å². The van der Waals surface area contributed by atoms with Crippen LogP contribution in [0, 0.1) is 5.92 Å². The molecule has 0 saturated heterocycles. The van der Waals surface area contributed by atoms with Crippen LogP contribution >= 0.6 is 23.1 Å². The first kappa shape index (κ1) is 22.6. The van der Waals surface area contributed by atoms with Gasteiger partial charge in [0.1, 0.15) is 0 Å². The number of benzene rings is 1. The second-order valence-electron chi connectivity index (χ2n) is 7.65. The minimum atomic E-state index is -0.239. The Labute approximate surface area is 174 Å². The van der Waals surface area contributed by atoms with E-state index in [-0.39, 0.29) is 29.9 Å². The number of rotatable bonds is 10. The lowest BCUT2D eigenvalue weighted by Gasteiger charge is -2.21. The first-order valence-corrected chi connectivity index (χ1v) is 11.1. The summed E-state index contributed by atoms with van der Waals surface area (Å²) in [5, 5.41) is 5.47. The van der Waals surface area contributed by atoms with E-state index >= 15 is 0 Å². The third-order valence-corrected chi connectivity index (χ3v) is 6.34. The number of amides is 2. The Balaban J connectivity index is 1.89. The molecule has 0 atom stereocenters. The molecule has 1 aromatic heterocycles. The van der Waals surface area contributed by atoms with Gasteiger partial charge in [0, 0.05) is 25.0 Å². The Morgan fingerprint density at radius 3 is 2.71 bits per heavy atom. The Morgan fingerprint density at radius 1 is 1.29 bits per heavy atom. The second-order valence-corrected chi connectivity index (χ2v) is 10.0. The summed E-state index contributed by atoms with van der Waals surface area (Å²) < 4.78 is 7.47. The zero-order valence-electron chi connectivity index (χ0n) is 17.1. The molecule has 0 saturated carbocycles. The molecule has 2 aromatic rings. The molecule has 0 aliphatic heterocycles. The minimum Gasteiger partial charge on any atom is -0.379 e. The van der Waals surface area contributed by atoms with Crippen molar-refractivity contribution in [3.8, 4) is 0 Å². The van der Waals surface area contributed by atoms with Crippen LogP contribution in [0.2, 0.25) is 0 Å². The van der Waals surface area contributed by atoms with Gasteiger partial charge >= 0.3 is 0 Å². The Morgan fingerprint density at radius 2 is 2.04 bits per heavy atom. The van der Waals surface area contributed by atoms with Crippen LogP contribution in [-0.4, -0.2) is 41.8 Å². The molecule has 154 valence electrons. The summed E-state index contributed by atoms with van der Waals surface area (Å²) in [6, 6.07) is 5.66. The minimum absolute atomic E-state index is 0.0251. The average Bonchev–Trinajstić information content (AvgIpc) is 3.01. The largest absolute Gasteiger partial charge is 0.379 e. The monoisotopic (exact) mass is 423 g/mol. The topological polar surface area (TPSA) is 80.3 Å². The predicted molar refractivity (Wildman–Crippen MR) is 117 cm³/mol. The maximum absolute atomic E-state index is 12.1. The second kappa shape index (κ2) is 10.2. The van der Waals surface area contributed by atoms with Crippen molar-refractivity contribution in [1.29, 1.82) is 0 Å². The van der Waals surface area contributed by atoms with Gasteiger partial charge in [-0.05, 0) is 44.4 Å². The Bertz CT molecular complexity index is 818. The van der Waals surface area contributed by atoms with Crippen molar-refractivity contribution in [3.63, 3.8) is 0 Å². The normalized spacial score (nSPS) is 11.8. The average molecular weight is 424 g/mol. The van der Waals surface area contributed by atoms with Gasteiger partial charge < -0.3 is 15.4 Å². The number of carbonyl (C=O) groups excluding carboxylic acids is 2. The van der Waals surface area contributed by atoms with E-state index in [0.717, 1.165) is 26.7 Å². The van der Waals surface area contributed by atoms with Crippen LogP contribution in [0.1, 0.15) is 40.5 Å². The molecule has 0 unspecified atom stereocenters. The van der Waals surface area contributed by atoms with Crippen LogP contribution in [0.15, 0.2) is 22.5 Å². The number of thiazole rings is 1. The molecule has 2 amide bonds. The number of hydrogen-bond donors (Lipinski definition) is 2. The molecule has 0 bridgehead atoms. The quantitative estimate of drug-likeness (QED) is 0.557. The van der Waals surface area contributed by atoms with Crippen molar-refractivity contribution in [2.45, 2.75) is 50.5 Å². The van der Waals surface area contributed by atoms with Gasteiger partial charge in [-0.25, -0.2) is 4.98 Å². The highest BCUT2D eigenvalue weighted by atomic mass is 32.2. The van der Waals surface area contributed by atoms with Crippen molar-refractivity contribution in [2.24, 2.45) is 5.92 Å². The van der Waals surface area contributed by atoms with Gasteiger partial charge in [0.25, 0.3) is 0 Å². The number of methoxy groups -OCH3 is 1. The Kier molecular flexibility index (Phi) is 8.27. The van der Waals surface area contributed by atoms with E-state index in [2.05, 4.69) is 29.5 Å². The highest BCUT2D eigenvalue weighted by Gasteiger charge is 2.16. The maximum atomic E-state index is 12.1. The summed E-state index contributed by atoms with van der Waals surface area (Å²) in [5.41, 5.74) is 1.49. The molecular formula is C20H29N3O3S2. The lowest BCUT2D eigenvalue weighted by molar-refractivity contribution is -0.124. The van der Waals surface area contributed by atoms with E-state index in [9.17, 15) is 9.59 Å². The third-order valence-electron chi connectivity index (χ3n) is 4.17. The van der Waals surface area contributed by atoms with Crippen molar-refractivity contribution < 1.29 is 14.3 Å².